The maximum absolute atomic E-state index is 11.3. The molecule has 6 nitrogen and oxygen atoms in total. The van der Waals surface area contributed by atoms with Gasteiger partial charge in [0.2, 0.25) is 4.80 Å². The zero-order valence-corrected chi connectivity index (χ0v) is 18.6. The Morgan fingerprint density at radius 2 is 2.03 bits per heavy atom. The van der Waals surface area contributed by atoms with Crippen molar-refractivity contribution in [2.45, 2.75) is 13.8 Å². The third kappa shape index (κ3) is 4.70. The van der Waals surface area contributed by atoms with Crippen LogP contribution in [-0.4, -0.2) is 21.9 Å². The number of aryl methyl sites for hydroxylation is 1. The summed E-state index contributed by atoms with van der Waals surface area (Å²) in [6.45, 7) is 7.65. The molecular weight excluding hydrogens is 443 g/mol. The molecular formula is C21H18Cl2N4O2S. The average Bonchev–Trinajstić information content (AvgIpc) is 3.10. The van der Waals surface area contributed by atoms with Crippen LogP contribution in [0, 0.1) is 17.0 Å². The summed E-state index contributed by atoms with van der Waals surface area (Å²) in [6.07, 6.45) is 1.70. The predicted molar refractivity (Wildman–Crippen MR) is 124 cm³/mol. The number of halogens is 2. The van der Waals surface area contributed by atoms with Crippen molar-refractivity contribution in [3.8, 4) is 11.3 Å². The Hall–Kier alpha value is -2.74. The molecule has 154 valence electrons. The molecule has 30 heavy (non-hydrogen) atoms. The molecule has 9 heteroatoms. The topological polar surface area (TPSA) is 72.8 Å². The fourth-order valence-electron chi connectivity index (χ4n) is 2.74. The second-order valence-corrected chi connectivity index (χ2v) is 8.07. The van der Waals surface area contributed by atoms with Crippen LogP contribution in [0.2, 0.25) is 10.0 Å². The lowest BCUT2D eigenvalue weighted by Gasteiger charge is -2.08. The van der Waals surface area contributed by atoms with E-state index in [-0.39, 0.29) is 5.69 Å². The minimum absolute atomic E-state index is 0.0543. The number of benzene rings is 2. The Labute approximate surface area is 187 Å². The van der Waals surface area contributed by atoms with E-state index < -0.39 is 4.92 Å². The Balaban J connectivity index is 2.17. The smallest absolute Gasteiger partial charge is 0.258 e. The van der Waals surface area contributed by atoms with Crippen molar-refractivity contribution < 1.29 is 4.92 Å². The highest BCUT2D eigenvalue weighted by Crippen LogP contribution is 2.29. The average molecular weight is 461 g/mol. The van der Waals surface area contributed by atoms with Crippen molar-refractivity contribution in [3.05, 3.63) is 90.5 Å². The fraction of sp³-hybridized carbons (Fsp3) is 0.143. The SMILES string of the molecule is C=CCN=c1scc(-c2ccc(Cl)c(Cl)c2)n1N=C(C)c1ccc(C)c([N+](=O)[O-])c1. The van der Waals surface area contributed by atoms with Crippen LogP contribution in [0.25, 0.3) is 11.3 Å². The minimum atomic E-state index is -0.393. The molecule has 0 amide bonds. The summed E-state index contributed by atoms with van der Waals surface area (Å²) >= 11 is 13.7. The van der Waals surface area contributed by atoms with E-state index in [0.29, 0.717) is 38.2 Å². The number of hydrogen-bond acceptors (Lipinski definition) is 5. The summed E-state index contributed by atoms with van der Waals surface area (Å²) in [4.78, 5) is 16.1. The standard InChI is InChI=1S/C21H18Cl2N4O2S/c1-4-9-24-21-26(20(12-30-21)16-7-8-17(22)18(23)10-16)25-14(3)15-6-5-13(2)19(11-15)27(28)29/h4-8,10-12H,1,9H2,2-3H3. The lowest BCUT2D eigenvalue weighted by atomic mass is 10.1. The van der Waals surface area contributed by atoms with Crippen LogP contribution in [-0.2, 0) is 0 Å². The maximum atomic E-state index is 11.3. The molecule has 0 aliphatic heterocycles. The molecule has 0 bridgehead atoms. The highest BCUT2D eigenvalue weighted by molar-refractivity contribution is 7.07. The molecule has 0 unspecified atom stereocenters. The zero-order chi connectivity index (χ0) is 21.8. The first-order valence-corrected chi connectivity index (χ1v) is 10.5. The van der Waals surface area contributed by atoms with Crippen LogP contribution in [0.1, 0.15) is 18.1 Å². The first-order chi connectivity index (χ1) is 14.3. The van der Waals surface area contributed by atoms with Crippen molar-refractivity contribution in [1.82, 2.24) is 4.68 Å². The van der Waals surface area contributed by atoms with Crippen molar-refractivity contribution in [3.63, 3.8) is 0 Å². The van der Waals surface area contributed by atoms with Gasteiger partial charge in [0.1, 0.15) is 0 Å². The van der Waals surface area contributed by atoms with Crippen molar-refractivity contribution in [2.75, 3.05) is 6.54 Å². The maximum Gasteiger partial charge on any atom is 0.272 e. The van der Waals surface area contributed by atoms with Gasteiger partial charge < -0.3 is 0 Å². The number of hydrogen-bond donors (Lipinski definition) is 0. The molecule has 3 rings (SSSR count). The molecule has 0 radical (unpaired) electrons. The second kappa shape index (κ2) is 9.38. The van der Waals surface area contributed by atoms with Gasteiger partial charge in [-0.15, -0.1) is 17.9 Å². The molecule has 2 aromatic carbocycles. The van der Waals surface area contributed by atoms with E-state index in [1.807, 2.05) is 17.5 Å². The van der Waals surface area contributed by atoms with Crippen LogP contribution in [0.3, 0.4) is 0 Å². The molecule has 0 saturated carbocycles. The molecule has 0 atom stereocenters. The largest absolute Gasteiger partial charge is 0.272 e. The van der Waals surface area contributed by atoms with Gasteiger partial charge in [0.15, 0.2) is 0 Å². The van der Waals surface area contributed by atoms with Crippen molar-refractivity contribution in [1.29, 1.82) is 0 Å². The van der Waals surface area contributed by atoms with E-state index >= 15 is 0 Å². The van der Waals surface area contributed by atoms with Crippen LogP contribution < -0.4 is 4.80 Å². The lowest BCUT2D eigenvalue weighted by molar-refractivity contribution is -0.385. The van der Waals surface area contributed by atoms with Gasteiger partial charge in [-0.1, -0.05) is 47.5 Å². The minimum Gasteiger partial charge on any atom is -0.258 e. The first-order valence-electron chi connectivity index (χ1n) is 8.90. The number of aromatic nitrogens is 1. The molecule has 1 aromatic heterocycles. The number of nitro groups is 1. The van der Waals surface area contributed by atoms with Gasteiger partial charge in [-0.2, -0.15) is 5.10 Å². The molecule has 0 aliphatic carbocycles. The normalized spacial score (nSPS) is 12.3. The summed E-state index contributed by atoms with van der Waals surface area (Å²) < 4.78 is 1.70. The molecule has 3 aromatic rings. The van der Waals surface area contributed by atoms with E-state index in [9.17, 15) is 10.1 Å². The van der Waals surface area contributed by atoms with Crippen molar-refractivity contribution in [2.24, 2.45) is 10.1 Å². The monoisotopic (exact) mass is 460 g/mol. The second-order valence-electron chi connectivity index (χ2n) is 6.42. The van der Waals surface area contributed by atoms with E-state index in [1.165, 1.54) is 17.4 Å². The summed E-state index contributed by atoms with van der Waals surface area (Å²) in [7, 11) is 0. The molecule has 0 saturated heterocycles. The van der Waals surface area contributed by atoms with E-state index in [2.05, 4.69) is 11.6 Å². The van der Waals surface area contributed by atoms with Gasteiger partial charge >= 0.3 is 0 Å². The summed E-state index contributed by atoms with van der Waals surface area (Å²) in [6, 6.07) is 10.4. The Morgan fingerprint density at radius 1 is 1.27 bits per heavy atom. The molecule has 0 N–H and O–H groups in total. The van der Waals surface area contributed by atoms with Gasteiger partial charge in [-0.3, -0.25) is 15.1 Å². The number of nitro benzene ring substituents is 1. The van der Waals surface area contributed by atoms with Gasteiger partial charge in [0, 0.05) is 28.1 Å². The van der Waals surface area contributed by atoms with Crippen molar-refractivity contribution >= 4 is 45.9 Å². The Bertz CT molecular complexity index is 1230. The summed E-state index contributed by atoms with van der Waals surface area (Å²) in [5, 5.41) is 18.8. The molecule has 0 fully saturated rings. The van der Waals surface area contributed by atoms with Crippen LogP contribution >= 0.6 is 34.5 Å². The first kappa shape index (κ1) is 22.0. The highest BCUT2D eigenvalue weighted by atomic mass is 35.5. The zero-order valence-electron chi connectivity index (χ0n) is 16.3. The van der Waals surface area contributed by atoms with Crippen LogP contribution in [0.4, 0.5) is 5.69 Å². The van der Waals surface area contributed by atoms with Gasteiger partial charge in [-0.05, 0) is 26.0 Å². The van der Waals surface area contributed by atoms with Gasteiger partial charge in [-0.25, -0.2) is 4.68 Å². The van der Waals surface area contributed by atoms with Gasteiger partial charge in [0.25, 0.3) is 5.69 Å². The highest BCUT2D eigenvalue weighted by Gasteiger charge is 2.14. The third-order valence-electron chi connectivity index (χ3n) is 4.33. The molecule has 0 spiro atoms. The molecule has 0 aliphatic rings. The predicted octanol–water partition coefficient (Wildman–Crippen LogP) is 6.10. The molecule has 1 heterocycles. The number of nitrogens with zero attached hydrogens (tertiary/aromatic N) is 4. The number of rotatable bonds is 6. The summed E-state index contributed by atoms with van der Waals surface area (Å²) in [5.41, 5.74) is 3.52. The van der Waals surface area contributed by atoms with Crippen LogP contribution in [0.15, 0.2) is 64.5 Å². The van der Waals surface area contributed by atoms with Gasteiger partial charge in [0.05, 0.1) is 32.9 Å². The lowest BCUT2D eigenvalue weighted by Crippen LogP contribution is -2.14. The fourth-order valence-corrected chi connectivity index (χ4v) is 3.88. The van der Waals surface area contributed by atoms with E-state index in [1.54, 1.807) is 42.8 Å². The van der Waals surface area contributed by atoms with E-state index in [0.717, 1.165) is 11.3 Å². The Morgan fingerprint density at radius 3 is 2.70 bits per heavy atom. The van der Waals surface area contributed by atoms with E-state index in [4.69, 9.17) is 28.3 Å². The van der Waals surface area contributed by atoms with Crippen LogP contribution in [0.5, 0.6) is 0 Å². The number of thiazole rings is 1. The summed E-state index contributed by atoms with van der Waals surface area (Å²) in [5.74, 6) is 0. The quantitative estimate of drug-likeness (QED) is 0.193. The Kier molecular flexibility index (Phi) is 6.87. The third-order valence-corrected chi connectivity index (χ3v) is 5.92.